The van der Waals surface area contributed by atoms with Gasteiger partial charge >= 0.3 is 5.97 Å². The molecule has 1 N–H and O–H groups in total. The summed E-state index contributed by atoms with van der Waals surface area (Å²) in [6.45, 7) is -0.155. The van der Waals surface area contributed by atoms with Crippen molar-refractivity contribution < 1.29 is 23.8 Å². The van der Waals surface area contributed by atoms with Crippen LogP contribution in [0.3, 0.4) is 0 Å². The minimum absolute atomic E-state index is 0.167. The number of carbonyl (C=O) groups is 2. The third-order valence-corrected chi connectivity index (χ3v) is 4.98. The van der Waals surface area contributed by atoms with E-state index in [0.29, 0.717) is 28.6 Å². The highest BCUT2D eigenvalue weighted by molar-refractivity contribution is 7.99. The summed E-state index contributed by atoms with van der Waals surface area (Å²) in [6.07, 6.45) is 0.924. The van der Waals surface area contributed by atoms with Gasteiger partial charge in [0, 0.05) is 28.1 Å². The maximum absolute atomic E-state index is 11.9. The van der Waals surface area contributed by atoms with Gasteiger partial charge in [-0.25, -0.2) is 0 Å². The number of amides is 1. The van der Waals surface area contributed by atoms with Gasteiger partial charge < -0.3 is 19.5 Å². The molecular formula is C19H18ClNO5S. The summed E-state index contributed by atoms with van der Waals surface area (Å²) in [5.74, 6) is 1.18. The van der Waals surface area contributed by atoms with Gasteiger partial charge in [-0.15, -0.1) is 11.8 Å². The molecular weight excluding hydrogens is 390 g/mol. The van der Waals surface area contributed by atoms with Crippen molar-refractivity contribution in [3.05, 3.63) is 47.5 Å². The lowest BCUT2D eigenvalue weighted by Gasteiger charge is -2.07. The van der Waals surface area contributed by atoms with Gasteiger partial charge in [-0.3, -0.25) is 9.59 Å². The predicted molar refractivity (Wildman–Crippen MR) is 104 cm³/mol. The van der Waals surface area contributed by atoms with Gasteiger partial charge in [0.25, 0.3) is 5.91 Å². The fourth-order valence-corrected chi connectivity index (χ4v) is 3.31. The van der Waals surface area contributed by atoms with Crippen LogP contribution >= 0.6 is 23.4 Å². The van der Waals surface area contributed by atoms with Crippen molar-refractivity contribution in [3.63, 3.8) is 0 Å². The molecule has 3 rings (SSSR count). The minimum atomic E-state index is -0.405. The van der Waals surface area contributed by atoms with E-state index in [2.05, 4.69) is 5.32 Å². The second kappa shape index (κ2) is 9.53. The van der Waals surface area contributed by atoms with Crippen molar-refractivity contribution in [1.29, 1.82) is 0 Å². The van der Waals surface area contributed by atoms with Crippen LogP contribution in [0.2, 0.25) is 5.02 Å². The van der Waals surface area contributed by atoms with Crippen LogP contribution in [0.15, 0.2) is 47.4 Å². The zero-order chi connectivity index (χ0) is 19.1. The number of hydrogen-bond acceptors (Lipinski definition) is 6. The van der Waals surface area contributed by atoms with Gasteiger partial charge in [0.1, 0.15) is 0 Å². The summed E-state index contributed by atoms with van der Waals surface area (Å²) in [4.78, 5) is 24.7. The third-order valence-electron chi connectivity index (χ3n) is 3.63. The molecule has 0 unspecified atom stereocenters. The van der Waals surface area contributed by atoms with Crippen LogP contribution in [0.4, 0.5) is 5.69 Å². The lowest BCUT2D eigenvalue weighted by Crippen LogP contribution is -2.20. The number of benzene rings is 2. The Balaban J connectivity index is 1.31. The van der Waals surface area contributed by atoms with Crippen molar-refractivity contribution >= 4 is 40.9 Å². The second-order valence-electron chi connectivity index (χ2n) is 5.68. The lowest BCUT2D eigenvalue weighted by molar-refractivity contribution is -0.147. The number of esters is 1. The molecule has 1 aliphatic rings. The summed E-state index contributed by atoms with van der Waals surface area (Å²) in [5.41, 5.74) is 0.555. The van der Waals surface area contributed by atoms with E-state index >= 15 is 0 Å². The number of carbonyl (C=O) groups excluding carboxylic acids is 2. The number of thioether (sulfide) groups is 1. The molecule has 8 heteroatoms. The number of rotatable bonds is 8. The molecule has 6 nitrogen and oxygen atoms in total. The normalized spacial score (nSPS) is 11.9. The van der Waals surface area contributed by atoms with Crippen molar-refractivity contribution in [2.45, 2.75) is 17.7 Å². The molecule has 0 aliphatic carbocycles. The van der Waals surface area contributed by atoms with Crippen LogP contribution in [0.5, 0.6) is 11.5 Å². The Kier molecular flexibility index (Phi) is 6.84. The molecule has 2 aromatic carbocycles. The first-order valence-electron chi connectivity index (χ1n) is 8.33. The van der Waals surface area contributed by atoms with E-state index in [4.69, 9.17) is 25.8 Å². The van der Waals surface area contributed by atoms with E-state index in [9.17, 15) is 9.59 Å². The zero-order valence-corrected chi connectivity index (χ0v) is 16.0. The third kappa shape index (κ3) is 6.08. The highest BCUT2D eigenvalue weighted by atomic mass is 35.5. The van der Waals surface area contributed by atoms with Crippen LogP contribution < -0.4 is 14.8 Å². The quantitative estimate of drug-likeness (QED) is 0.403. The number of halogens is 1. The molecule has 142 valence electrons. The smallest absolute Gasteiger partial charge is 0.306 e. The second-order valence-corrected chi connectivity index (χ2v) is 7.29. The summed E-state index contributed by atoms with van der Waals surface area (Å²) in [7, 11) is 0. The molecule has 0 bridgehead atoms. The molecule has 0 saturated carbocycles. The maximum Gasteiger partial charge on any atom is 0.306 e. The molecule has 0 fully saturated rings. The van der Waals surface area contributed by atoms with Gasteiger partial charge in [0.15, 0.2) is 18.1 Å². The standard InChI is InChI=1S/C19H18ClNO5S/c20-13-3-6-15(7-4-13)27-9-1-2-19(23)24-11-18(22)21-14-5-8-16-17(10-14)26-12-25-16/h3-8,10H,1-2,9,11-12H2,(H,21,22). The zero-order valence-electron chi connectivity index (χ0n) is 14.4. The van der Waals surface area contributed by atoms with E-state index < -0.39 is 11.9 Å². The minimum Gasteiger partial charge on any atom is -0.456 e. The molecule has 1 heterocycles. The molecule has 1 aliphatic heterocycles. The molecule has 0 atom stereocenters. The Bertz CT molecular complexity index is 812. The van der Waals surface area contributed by atoms with Gasteiger partial charge in [0.2, 0.25) is 6.79 Å². The van der Waals surface area contributed by atoms with E-state index in [1.165, 1.54) is 0 Å². The Hall–Kier alpha value is -2.38. The number of hydrogen-bond donors (Lipinski definition) is 1. The Morgan fingerprint density at radius 2 is 1.89 bits per heavy atom. The first-order valence-corrected chi connectivity index (χ1v) is 9.70. The molecule has 0 aromatic heterocycles. The van der Waals surface area contributed by atoms with Gasteiger partial charge in [0.05, 0.1) is 0 Å². The SMILES string of the molecule is O=C(COC(=O)CCCSc1ccc(Cl)cc1)Nc1ccc2c(c1)OCO2. The highest BCUT2D eigenvalue weighted by Gasteiger charge is 2.14. The van der Waals surface area contributed by atoms with E-state index in [-0.39, 0.29) is 19.8 Å². The van der Waals surface area contributed by atoms with Crippen LogP contribution in [-0.2, 0) is 14.3 Å². The first kappa shape index (κ1) is 19.4. The van der Waals surface area contributed by atoms with Gasteiger partial charge in [-0.05, 0) is 48.6 Å². The number of fused-ring (bicyclic) bond motifs is 1. The van der Waals surface area contributed by atoms with Crippen molar-refractivity contribution in [1.82, 2.24) is 0 Å². The number of ether oxygens (including phenoxy) is 3. The molecule has 1 amide bonds. The summed E-state index contributed by atoms with van der Waals surface area (Å²) in [5, 5.41) is 3.35. The predicted octanol–water partition coefficient (Wildman–Crippen LogP) is 4.12. The van der Waals surface area contributed by atoms with Crippen LogP contribution in [0.25, 0.3) is 0 Å². The molecule has 0 saturated heterocycles. The van der Waals surface area contributed by atoms with Crippen LogP contribution in [-0.4, -0.2) is 31.0 Å². The maximum atomic E-state index is 11.9. The Labute approximate surface area is 166 Å². The van der Waals surface area contributed by atoms with E-state index in [0.717, 1.165) is 10.6 Å². The van der Waals surface area contributed by atoms with Crippen LogP contribution in [0, 0.1) is 0 Å². The van der Waals surface area contributed by atoms with E-state index in [1.54, 1.807) is 30.0 Å². The monoisotopic (exact) mass is 407 g/mol. The number of nitrogens with one attached hydrogen (secondary N) is 1. The summed E-state index contributed by atoms with van der Waals surface area (Å²) < 4.78 is 15.5. The largest absolute Gasteiger partial charge is 0.456 e. The van der Waals surface area contributed by atoms with Gasteiger partial charge in [-0.2, -0.15) is 0 Å². The van der Waals surface area contributed by atoms with Crippen LogP contribution in [0.1, 0.15) is 12.8 Å². The topological polar surface area (TPSA) is 73.9 Å². The molecule has 2 aromatic rings. The van der Waals surface area contributed by atoms with Gasteiger partial charge in [-0.1, -0.05) is 11.6 Å². The van der Waals surface area contributed by atoms with Crippen molar-refractivity contribution in [2.24, 2.45) is 0 Å². The molecule has 27 heavy (non-hydrogen) atoms. The summed E-state index contributed by atoms with van der Waals surface area (Å²) in [6, 6.07) is 12.6. The van der Waals surface area contributed by atoms with E-state index in [1.807, 2.05) is 24.3 Å². The Morgan fingerprint density at radius 3 is 2.70 bits per heavy atom. The number of anilines is 1. The first-order chi connectivity index (χ1) is 13.1. The average Bonchev–Trinajstić information content (AvgIpc) is 3.13. The van der Waals surface area contributed by atoms with Crippen molar-refractivity contribution in [2.75, 3.05) is 24.5 Å². The summed E-state index contributed by atoms with van der Waals surface area (Å²) >= 11 is 7.47. The molecule has 0 radical (unpaired) electrons. The highest BCUT2D eigenvalue weighted by Crippen LogP contribution is 2.34. The van der Waals surface area contributed by atoms with Crippen molar-refractivity contribution in [3.8, 4) is 11.5 Å². The fourth-order valence-electron chi connectivity index (χ4n) is 2.33. The lowest BCUT2D eigenvalue weighted by atomic mass is 10.3. The Morgan fingerprint density at radius 1 is 1.11 bits per heavy atom. The average molecular weight is 408 g/mol. The molecule has 0 spiro atoms. The fraction of sp³-hybridized carbons (Fsp3) is 0.263.